The van der Waals surface area contributed by atoms with Crippen LogP contribution < -0.4 is 10.1 Å². The number of nitrogens with zero attached hydrogens (tertiary/aromatic N) is 4. The second-order valence-corrected chi connectivity index (χ2v) is 7.36. The Hall–Kier alpha value is -3.46. The number of benzene rings is 1. The van der Waals surface area contributed by atoms with Crippen molar-refractivity contribution in [2.24, 2.45) is 7.05 Å². The number of nitrogens with one attached hydrogen (secondary N) is 2. The highest BCUT2D eigenvalue weighted by atomic mass is 32.1. The molecule has 0 fully saturated rings. The zero-order chi connectivity index (χ0) is 21.1. The minimum Gasteiger partial charge on any atom is -0.487 e. The summed E-state index contributed by atoms with van der Waals surface area (Å²) in [5.74, 6) is 1.34. The maximum Gasteiger partial charge on any atom is 0.251 e. The average Bonchev–Trinajstić information content (AvgIpc) is 3.31. The lowest BCUT2D eigenvalue weighted by Crippen LogP contribution is -2.26. The van der Waals surface area contributed by atoms with Gasteiger partial charge in [0, 0.05) is 38.0 Å². The van der Waals surface area contributed by atoms with Crippen molar-refractivity contribution >= 4 is 23.8 Å². The zero-order valence-corrected chi connectivity index (χ0v) is 17.6. The molecule has 3 aromatic heterocycles. The Morgan fingerprint density at radius 3 is 2.77 bits per heavy atom. The molecule has 0 aliphatic heterocycles. The van der Waals surface area contributed by atoms with Gasteiger partial charge in [-0.15, -0.1) is 0 Å². The van der Waals surface area contributed by atoms with Crippen molar-refractivity contribution in [2.45, 2.75) is 20.0 Å². The fourth-order valence-corrected chi connectivity index (χ4v) is 3.28. The molecule has 8 nitrogen and oxygen atoms in total. The van der Waals surface area contributed by atoms with Crippen LogP contribution in [0.5, 0.6) is 5.75 Å². The van der Waals surface area contributed by atoms with Crippen molar-refractivity contribution in [3.8, 4) is 5.75 Å². The number of fused-ring (bicyclic) bond motifs is 1. The fraction of sp³-hybridized carbons (Fsp3) is 0.238. The number of aryl methyl sites for hydroxylation is 1. The lowest BCUT2D eigenvalue weighted by molar-refractivity contribution is 0.0954. The number of rotatable bonds is 7. The van der Waals surface area contributed by atoms with E-state index < -0.39 is 0 Å². The summed E-state index contributed by atoms with van der Waals surface area (Å²) in [7, 11) is 1.84. The number of hydrogen-bond acceptors (Lipinski definition) is 5. The minimum absolute atomic E-state index is 0.144. The van der Waals surface area contributed by atoms with E-state index in [1.165, 1.54) is 0 Å². The van der Waals surface area contributed by atoms with Gasteiger partial charge in [0.2, 0.25) is 0 Å². The number of carbonyl (C=O) groups is 1. The second-order valence-electron chi connectivity index (χ2n) is 6.98. The average molecular weight is 423 g/mol. The van der Waals surface area contributed by atoms with Crippen LogP contribution in [-0.4, -0.2) is 36.6 Å². The van der Waals surface area contributed by atoms with Crippen LogP contribution in [0.15, 0.2) is 48.8 Å². The molecule has 0 aliphatic rings. The standard InChI is InChI=1S/C21H22N6O2S/c1-14-4-3-11-27-12-16(23-19(14)27)13-29-17-7-5-15(6-8-17)20(28)22-10-9-18-24-25-21(30)26(18)2/h3-8,11-12H,9-10,13H2,1-2H3,(H,22,28)(H,25,30). The molecule has 4 aromatic rings. The molecule has 4 rings (SSSR count). The molecule has 9 heteroatoms. The van der Waals surface area contributed by atoms with E-state index in [9.17, 15) is 4.79 Å². The van der Waals surface area contributed by atoms with Crippen molar-refractivity contribution in [3.05, 3.63) is 76.2 Å². The number of aromatic nitrogens is 5. The number of hydrogen-bond donors (Lipinski definition) is 2. The highest BCUT2D eigenvalue weighted by molar-refractivity contribution is 7.71. The lowest BCUT2D eigenvalue weighted by atomic mass is 10.2. The van der Waals surface area contributed by atoms with Crippen LogP contribution in [0.25, 0.3) is 5.65 Å². The van der Waals surface area contributed by atoms with Gasteiger partial charge >= 0.3 is 0 Å². The fourth-order valence-electron chi connectivity index (χ4n) is 3.13. The van der Waals surface area contributed by atoms with Gasteiger partial charge in [0.05, 0.1) is 5.69 Å². The molecule has 0 saturated heterocycles. The van der Waals surface area contributed by atoms with Gasteiger partial charge in [0.1, 0.15) is 23.8 Å². The first-order chi connectivity index (χ1) is 14.5. The van der Waals surface area contributed by atoms with E-state index in [-0.39, 0.29) is 5.91 Å². The highest BCUT2D eigenvalue weighted by Gasteiger charge is 2.08. The molecule has 1 amide bonds. The Bertz CT molecular complexity index is 1240. The zero-order valence-electron chi connectivity index (χ0n) is 16.8. The molecule has 3 heterocycles. The molecule has 0 atom stereocenters. The van der Waals surface area contributed by atoms with Crippen LogP contribution in [0, 0.1) is 11.7 Å². The number of pyridine rings is 1. The van der Waals surface area contributed by atoms with Crippen molar-refractivity contribution in [2.75, 3.05) is 6.54 Å². The van der Waals surface area contributed by atoms with Crippen LogP contribution in [0.1, 0.15) is 27.4 Å². The van der Waals surface area contributed by atoms with Gasteiger partial charge in [-0.05, 0) is 55.0 Å². The van der Waals surface area contributed by atoms with Crippen molar-refractivity contribution in [3.63, 3.8) is 0 Å². The Morgan fingerprint density at radius 2 is 2.07 bits per heavy atom. The van der Waals surface area contributed by atoms with Gasteiger partial charge < -0.3 is 19.0 Å². The monoisotopic (exact) mass is 422 g/mol. The molecule has 2 N–H and O–H groups in total. The summed E-state index contributed by atoms with van der Waals surface area (Å²) < 4.78 is 10.2. The van der Waals surface area contributed by atoms with E-state index in [4.69, 9.17) is 17.0 Å². The summed E-state index contributed by atoms with van der Waals surface area (Å²) in [6.07, 6.45) is 4.52. The number of aromatic amines is 1. The van der Waals surface area contributed by atoms with Gasteiger partial charge in [-0.1, -0.05) is 6.07 Å². The Morgan fingerprint density at radius 1 is 1.27 bits per heavy atom. The van der Waals surface area contributed by atoms with Gasteiger partial charge in [-0.3, -0.25) is 9.89 Å². The van der Waals surface area contributed by atoms with Crippen LogP contribution in [0.3, 0.4) is 0 Å². The van der Waals surface area contributed by atoms with Crippen molar-refractivity contribution < 1.29 is 9.53 Å². The summed E-state index contributed by atoms with van der Waals surface area (Å²) in [5.41, 5.74) is 3.46. The van der Waals surface area contributed by atoms with E-state index in [1.54, 1.807) is 28.8 Å². The number of amides is 1. The Kier molecular flexibility index (Phi) is 5.62. The van der Waals surface area contributed by atoms with Crippen LogP contribution in [-0.2, 0) is 20.1 Å². The van der Waals surface area contributed by atoms with Gasteiger partial charge in [0.15, 0.2) is 4.77 Å². The lowest BCUT2D eigenvalue weighted by Gasteiger charge is -2.07. The molecular weight excluding hydrogens is 400 g/mol. The normalized spacial score (nSPS) is 11.0. The summed E-state index contributed by atoms with van der Waals surface area (Å²) >= 11 is 5.08. The van der Waals surface area contributed by atoms with E-state index in [0.717, 1.165) is 22.7 Å². The van der Waals surface area contributed by atoms with Crippen LogP contribution in [0.4, 0.5) is 0 Å². The van der Waals surface area contributed by atoms with Gasteiger partial charge in [-0.2, -0.15) is 5.10 Å². The predicted molar refractivity (Wildman–Crippen MR) is 115 cm³/mol. The number of imidazole rings is 1. The maximum absolute atomic E-state index is 12.3. The first-order valence-electron chi connectivity index (χ1n) is 9.56. The molecule has 0 aliphatic carbocycles. The van der Waals surface area contributed by atoms with E-state index in [0.29, 0.717) is 35.7 Å². The SMILES string of the molecule is Cc1cccn2cc(COc3ccc(C(=O)NCCc4n[nH]c(=S)n4C)cc3)nc12. The summed E-state index contributed by atoms with van der Waals surface area (Å²) in [5, 5.41) is 9.75. The Labute approximate surface area is 178 Å². The number of ether oxygens (including phenoxy) is 1. The van der Waals surface area contributed by atoms with E-state index >= 15 is 0 Å². The summed E-state index contributed by atoms with van der Waals surface area (Å²) in [6.45, 7) is 2.86. The molecule has 0 saturated carbocycles. The summed E-state index contributed by atoms with van der Waals surface area (Å²) in [4.78, 5) is 16.9. The molecule has 30 heavy (non-hydrogen) atoms. The van der Waals surface area contributed by atoms with Crippen molar-refractivity contribution in [1.29, 1.82) is 0 Å². The number of H-pyrrole nitrogens is 1. The van der Waals surface area contributed by atoms with Gasteiger partial charge in [0.25, 0.3) is 5.91 Å². The van der Waals surface area contributed by atoms with Crippen molar-refractivity contribution in [1.82, 2.24) is 29.5 Å². The van der Waals surface area contributed by atoms with E-state index in [1.807, 2.05) is 42.9 Å². The van der Waals surface area contributed by atoms with Gasteiger partial charge in [-0.25, -0.2) is 4.98 Å². The first-order valence-corrected chi connectivity index (χ1v) is 9.96. The third-order valence-electron chi connectivity index (χ3n) is 4.84. The third-order valence-corrected chi connectivity index (χ3v) is 5.20. The van der Waals surface area contributed by atoms with E-state index in [2.05, 4.69) is 20.5 Å². The molecule has 0 radical (unpaired) electrons. The highest BCUT2D eigenvalue weighted by Crippen LogP contribution is 2.15. The van der Waals surface area contributed by atoms with Crippen LogP contribution >= 0.6 is 12.2 Å². The molecule has 0 unspecified atom stereocenters. The quantitative estimate of drug-likeness (QED) is 0.447. The smallest absolute Gasteiger partial charge is 0.251 e. The second kappa shape index (κ2) is 8.50. The summed E-state index contributed by atoms with van der Waals surface area (Å²) in [6, 6.07) is 11.1. The molecular formula is C21H22N6O2S. The Balaban J connectivity index is 1.30. The predicted octanol–water partition coefficient (Wildman–Crippen LogP) is 2.99. The maximum atomic E-state index is 12.3. The largest absolute Gasteiger partial charge is 0.487 e. The molecule has 0 bridgehead atoms. The first kappa shape index (κ1) is 19.8. The third kappa shape index (κ3) is 4.25. The minimum atomic E-state index is -0.144. The molecule has 0 spiro atoms. The molecule has 154 valence electrons. The topological polar surface area (TPSA) is 89.2 Å². The van der Waals surface area contributed by atoms with Crippen LogP contribution in [0.2, 0.25) is 0 Å². The number of carbonyl (C=O) groups excluding carboxylic acids is 1. The molecule has 1 aromatic carbocycles.